The van der Waals surface area contributed by atoms with Crippen molar-refractivity contribution < 1.29 is 9.47 Å². The number of benzene rings is 1. The fourth-order valence-corrected chi connectivity index (χ4v) is 1.75. The molecule has 0 atom stereocenters. The zero-order valence-electron chi connectivity index (χ0n) is 13.0. The molecule has 1 aromatic carbocycles. The molecule has 1 N–H and O–H groups in total. The van der Waals surface area contributed by atoms with Gasteiger partial charge in [0.2, 0.25) is 5.88 Å². The van der Waals surface area contributed by atoms with Gasteiger partial charge in [-0.25, -0.2) is 4.98 Å². The summed E-state index contributed by atoms with van der Waals surface area (Å²) in [6.07, 6.45) is 0. The van der Waals surface area contributed by atoms with E-state index in [0.717, 1.165) is 11.4 Å². The van der Waals surface area contributed by atoms with E-state index >= 15 is 0 Å². The standard InChI is InChI=1S/C17H22N2O2/c1-17(2,3)18-12-13-7-5-10-16(19-13)21-15-9-6-8-14(11-15)20-4/h5-11,18H,12H2,1-4H3. The summed E-state index contributed by atoms with van der Waals surface area (Å²) < 4.78 is 11.0. The van der Waals surface area contributed by atoms with Gasteiger partial charge in [0.1, 0.15) is 11.5 Å². The number of ether oxygens (including phenoxy) is 2. The van der Waals surface area contributed by atoms with Crippen LogP contribution in [0.4, 0.5) is 0 Å². The molecule has 0 aliphatic carbocycles. The van der Waals surface area contributed by atoms with Gasteiger partial charge in [-0.15, -0.1) is 0 Å². The van der Waals surface area contributed by atoms with E-state index in [-0.39, 0.29) is 5.54 Å². The van der Waals surface area contributed by atoms with E-state index in [1.807, 2.05) is 42.5 Å². The predicted octanol–water partition coefficient (Wildman–Crippen LogP) is 3.77. The van der Waals surface area contributed by atoms with Crippen molar-refractivity contribution >= 4 is 0 Å². The van der Waals surface area contributed by atoms with Crippen molar-refractivity contribution in [3.05, 3.63) is 48.2 Å². The van der Waals surface area contributed by atoms with E-state index in [4.69, 9.17) is 9.47 Å². The third-order valence-corrected chi connectivity index (χ3v) is 2.84. The minimum atomic E-state index is 0.0609. The number of pyridine rings is 1. The van der Waals surface area contributed by atoms with Gasteiger partial charge >= 0.3 is 0 Å². The van der Waals surface area contributed by atoms with Crippen molar-refractivity contribution in [2.24, 2.45) is 0 Å². The highest BCUT2D eigenvalue weighted by Gasteiger charge is 2.09. The molecule has 112 valence electrons. The number of hydrogen-bond acceptors (Lipinski definition) is 4. The van der Waals surface area contributed by atoms with Crippen LogP contribution in [-0.2, 0) is 6.54 Å². The maximum absolute atomic E-state index is 5.77. The minimum Gasteiger partial charge on any atom is -0.497 e. The summed E-state index contributed by atoms with van der Waals surface area (Å²) in [5, 5.41) is 3.41. The van der Waals surface area contributed by atoms with Crippen molar-refractivity contribution in [3.8, 4) is 17.4 Å². The third kappa shape index (κ3) is 5.08. The fraction of sp³-hybridized carbons (Fsp3) is 0.353. The normalized spacial score (nSPS) is 11.2. The molecule has 0 spiro atoms. The van der Waals surface area contributed by atoms with Gasteiger partial charge in [-0.2, -0.15) is 0 Å². The predicted molar refractivity (Wildman–Crippen MR) is 83.9 cm³/mol. The number of nitrogens with zero attached hydrogens (tertiary/aromatic N) is 1. The lowest BCUT2D eigenvalue weighted by atomic mass is 10.1. The van der Waals surface area contributed by atoms with Crippen molar-refractivity contribution in [3.63, 3.8) is 0 Å². The number of hydrogen-bond donors (Lipinski definition) is 1. The van der Waals surface area contributed by atoms with E-state index < -0.39 is 0 Å². The van der Waals surface area contributed by atoms with Crippen LogP contribution in [-0.4, -0.2) is 17.6 Å². The Balaban J connectivity index is 2.06. The van der Waals surface area contributed by atoms with Crippen LogP contribution < -0.4 is 14.8 Å². The zero-order valence-corrected chi connectivity index (χ0v) is 13.0. The van der Waals surface area contributed by atoms with Crippen LogP contribution in [0.25, 0.3) is 0 Å². The van der Waals surface area contributed by atoms with Crippen LogP contribution in [0.3, 0.4) is 0 Å². The van der Waals surface area contributed by atoms with E-state index in [1.54, 1.807) is 7.11 Å². The lowest BCUT2D eigenvalue weighted by molar-refractivity contribution is 0.405. The second-order valence-corrected chi connectivity index (χ2v) is 5.85. The van der Waals surface area contributed by atoms with Crippen LogP contribution in [0.5, 0.6) is 17.4 Å². The largest absolute Gasteiger partial charge is 0.497 e. The quantitative estimate of drug-likeness (QED) is 0.908. The SMILES string of the molecule is COc1cccc(Oc2cccc(CNC(C)(C)C)n2)c1. The van der Waals surface area contributed by atoms with Crippen LogP contribution in [0.15, 0.2) is 42.5 Å². The summed E-state index contributed by atoms with van der Waals surface area (Å²) in [4.78, 5) is 4.50. The monoisotopic (exact) mass is 286 g/mol. The Morgan fingerprint density at radius 1 is 1.05 bits per heavy atom. The Morgan fingerprint density at radius 3 is 2.48 bits per heavy atom. The first-order valence-electron chi connectivity index (χ1n) is 6.99. The Labute approximate surface area is 126 Å². The topological polar surface area (TPSA) is 43.4 Å². The maximum atomic E-state index is 5.77. The number of nitrogens with one attached hydrogen (secondary N) is 1. The first kappa shape index (κ1) is 15.3. The molecule has 21 heavy (non-hydrogen) atoms. The first-order chi connectivity index (χ1) is 9.96. The lowest BCUT2D eigenvalue weighted by Gasteiger charge is -2.20. The lowest BCUT2D eigenvalue weighted by Crippen LogP contribution is -2.35. The van der Waals surface area contributed by atoms with E-state index in [9.17, 15) is 0 Å². The molecule has 0 aliphatic heterocycles. The van der Waals surface area contributed by atoms with Gasteiger partial charge in [0, 0.05) is 24.2 Å². The smallest absolute Gasteiger partial charge is 0.219 e. The first-order valence-corrected chi connectivity index (χ1v) is 6.99. The molecule has 0 bridgehead atoms. The maximum Gasteiger partial charge on any atom is 0.219 e. The molecule has 2 rings (SSSR count). The molecular formula is C17H22N2O2. The Morgan fingerprint density at radius 2 is 1.76 bits per heavy atom. The van der Waals surface area contributed by atoms with Crippen molar-refractivity contribution in [2.75, 3.05) is 7.11 Å². The molecular weight excluding hydrogens is 264 g/mol. The molecule has 2 aromatic rings. The van der Waals surface area contributed by atoms with Crippen molar-refractivity contribution in [1.82, 2.24) is 10.3 Å². The summed E-state index contributed by atoms with van der Waals surface area (Å²) >= 11 is 0. The molecule has 0 saturated heterocycles. The second kappa shape index (κ2) is 6.59. The Bertz CT molecular complexity index is 591. The number of methoxy groups -OCH3 is 1. The van der Waals surface area contributed by atoms with Gasteiger partial charge in [0.25, 0.3) is 0 Å². The summed E-state index contributed by atoms with van der Waals surface area (Å²) in [5.41, 5.74) is 1.01. The molecule has 1 heterocycles. The highest BCUT2D eigenvalue weighted by molar-refractivity contribution is 5.35. The zero-order chi connectivity index (χ0) is 15.3. The van der Waals surface area contributed by atoms with Crippen LogP contribution in [0.2, 0.25) is 0 Å². The average molecular weight is 286 g/mol. The third-order valence-electron chi connectivity index (χ3n) is 2.84. The summed E-state index contributed by atoms with van der Waals surface area (Å²) in [7, 11) is 1.64. The number of aromatic nitrogens is 1. The molecule has 0 unspecified atom stereocenters. The molecule has 0 amide bonds. The van der Waals surface area contributed by atoms with Crippen molar-refractivity contribution in [1.29, 1.82) is 0 Å². The molecule has 1 aromatic heterocycles. The van der Waals surface area contributed by atoms with Crippen LogP contribution >= 0.6 is 0 Å². The van der Waals surface area contributed by atoms with E-state index in [0.29, 0.717) is 18.2 Å². The van der Waals surface area contributed by atoms with Gasteiger partial charge in [-0.05, 0) is 39.0 Å². The molecule has 0 aliphatic rings. The highest BCUT2D eigenvalue weighted by atomic mass is 16.5. The summed E-state index contributed by atoms with van der Waals surface area (Å²) in [6.45, 7) is 7.09. The van der Waals surface area contributed by atoms with Gasteiger partial charge in [-0.1, -0.05) is 12.1 Å². The fourth-order valence-electron chi connectivity index (χ4n) is 1.75. The molecule has 4 nitrogen and oxygen atoms in total. The van der Waals surface area contributed by atoms with Gasteiger partial charge in [0.15, 0.2) is 0 Å². The summed E-state index contributed by atoms with van der Waals surface area (Å²) in [5.74, 6) is 2.05. The average Bonchev–Trinajstić information content (AvgIpc) is 2.45. The van der Waals surface area contributed by atoms with Crippen molar-refractivity contribution in [2.45, 2.75) is 32.9 Å². The highest BCUT2D eigenvalue weighted by Crippen LogP contribution is 2.23. The van der Waals surface area contributed by atoms with Crippen LogP contribution in [0, 0.1) is 0 Å². The van der Waals surface area contributed by atoms with E-state index in [1.165, 1.54) is 0 Å². The molecule has 4 heteroatoms. The van der Waals surface area contributed by atoms with E-state index in [2.05, 4.69) is 31.1 Å². The molecule has 0 saturated carbocycles. The Hall–Kier alpha value is -2.07. The minimum absolute atomic E-state index is 0.0609. The Kier molecular flexibility index (Phi) is 4.81. The number of rotatable bonds is 5. The van der Waals surface area contributed by atoms with Crippen LogP contribution in [0.1, 0.15) is 26.5 Å². The molecule has 0 radical (unpaired) electrons. The van der Waals surface area contributed by atoms with Gasteiger partial charge < -0.3 is 14.8 Å². The summed E-state index contributed by atoms with van der Waals surface area (Å²) in [6, 6.07) is 13.3. The molecule has 0 fully saturated rings. The second-order valence-electron chi connectivity index (χ2n) is 5.85. The van der Waals surface area contributed by atoms with Gasteiger partial charge in [0.05, 0.1) is 12.8 Å². The van der Waals surface area contributed by atoms with Gasteiger partial charge in [-0.3, -0.25) is 0 Å².